The largest absolute Gasteiger partial charge is 0.494 e. The van der Waals surface area contributed by atoms with Crippen molar-refractivity contribution in [2.45, 2.75) is 20.3 Å². The van der Waals surface area contributed by atoms with Gasteiger partial charge in [0, 0.05) is 5.56 Å². The molecule has 6 heteroatoms. The summed E-state index contributed by atoms with van der Waals surface area (Å²) in [5.74, 6) is 3.97. The van der Waals surface area contributed by atoms with Crippen molar-refractivity contribution in [2.75, 3.05) is 19.8 Å². The average molecular weight is 380 g/mol. The highest BCUT2D eigenvalue weighted by Crippen LogP contribution is 2.28. The number of hydrazone groups is 1. The number of carbonyl (C=O) groups is 1. The summed E-state index contributed by atoms with van der Waals surface area (Å²) < 4.78 is 16.5. The van der Waals surface area contributed by atoms with Crippen LogP contribution in [0.3, 0.4) is 0 Å². The molecule has 28 heavy (non-hydrogen) atoms. The smallest absolute Gasteiger partial charge is 0.271 e. The van der Waals surface area contributed by atoms with E-state index < -0.39 is 0 Å². The van der Waals surface area contributed by atoms with Gasteiger partial charge in [0.2, 0.25) is 0 Å². The molecule has 0 saturated carbocycles. The van der Waals surface area contributed by atoms with E-state index in [1.807, 2.05) is 13.8 Å². The van der Waals surface area contributed by atoms with E-state index in [1.165, 1.54) is 6.21 Å². The van der Waals surface area contributed by atoms with Gasteiger partial charge in [0.15, 0.2) is 11.5 Å². The zero-order valence-electron chi connectivity index (χ0n) is 16.1. The van der Waals surface area contributed by atoms with Crippen LogP contribution in [0.1, 0.15) is 36.2 Å². The Morgan fingerprint density at radius 3 is 2.57 bits per heavy atom. The molecular formula is C22H24N2O4. The van der Waals surface area contributed by atoms with Crippen molar-refractivity contribution in [3.05, 3.63) is 53.6 Å². The molecule has 0 heterocycles. The molecule has 1 N–H and O–H groups in total. The minimum Gasteiger partial charge on any atom is -0.494 e. The van der Waals surface area contributed by atoms with Gasteiger partial charge in [-0.15, -0.1) is 6.42 Å². The fourth-order valence-corrected chi connectivity index (χ4v) is 2.26. The van der Waals surface area contributed by atoms with Crippen LogP contribution in [0, 0.1) is 12.3 Å². The maximum Gasteiger partial charge on any atom is 0.271 e. The van der Waals surface area contributed by atoms with Crippen LogP contribution in [0.5, 0.6) is 17.2 Å². The first-order valence-electron chi connectivity index (χ1n) is 9.07. The van der Waals surface area contributed by atoms with Crippen LogP contribution in [0.4, 0.5) is 0 Å². The first kappa shape index (κ1) is 20.8. The van der Waals surface area contributed by atoms with Gasteiger partial charge in [-0.25, -0.2) is 5.43 Å². The van der Waals surface area contributed by atoms with Crippen LogP contribution >= 0.6 is 0 Å². The number of hydrogen-bond acceptors (Lipinski definition) is 5. The molecule has 0 spiro atoms. The summed E-state index contributed by atoms with van der Waals surface area (Å²) in [4.78, 5) is 12.2. The zero-order valence-corrected chi connectivity index (χ0v) is 16.1. The number of nitrogens with one attached hydrogen (secondary N) is 1. The van der Waals surface area contributed by atoms with E-state index in [4.69, 9.17) is 20.6 Å². The van der Waals surface area contributed by atoms with Crippen molar-refractivity contribution in [2.24, 2.45) is 5.10 Å². The van der Waals surface area contributed by atoms with Gasteiger partial charge in [-0.05, 0) is 61.4 Å². The molecule has 0 unspecified atom stereocenters. The first-order valence-corrected chi connectivity index (χ1v) is 9.07. The van der Waals surface area contributed by atoms with Gasteiger partial charge in [0.05, 0.1) is 19.4 Å². The third kappa shape index (κ3) is 6.36. The van der Waals surface area contributed by atoms with Crippen LogP contribution in [0.25, 0.3) is 0 Å². The average Bonchev–Trinajstić information content (AvgIpc) is 2.72. The van der Waals surface area contributed by atoms with Gasteiger partial charge in [0.1, 0.15) is 12.4 Å². The molecule has 0 radical (unpaired) electrons. The molecule has 0 saturated heterocycles. The van der Waals surface area contributed by atoms with Crippen LogP contribution < -0.4 is 19.6 Å². The Morgan fingerprint density at radius 2 is 1.89 bits per heavy atom. The Balaban J connectivity index is 1.98. The molecule has 0 aliphatic carbocycles. The van der Waals surface area contributed by atoms with Crippen LogP contribution in [0.15, 0.2) is 47.6 Å². The zero-order chi connectivity index (χ0) is 20.2. The van der Waals surface area contributed by atoms with Crippen molar-refractivity contribution >= 4 is 12.1 Å². The third-order valence-electron chi connectivity index (χ3n) is 3.55. The van der Waals surface area contributed by atoms with E-state index in [2.05, 4.69) is 16.4 Å². The fourth-order valence-electron chi connectivity index (χ4n) is 2.26. The summed E-state index contributed by atoms with van der Waals surface area (Å²) in [6.07, 6.45) is 7.68. The van der Waals surface area contributed by atoms with Crippen molar-refractivity contribution in [1.29, 1.82) is 0 Å². The predicted molar refractivity (Wildman–Crippen MR) is 109 cm³/mol. The Bertz CT molecular complexity index is 839. The molecule has 0 aliphatic rings. The number of nitrogens with zero attached hydrogens (tertiary/aromatic N) is 1. The van der Waals surface area contributed by atoms with E-state index in [-0.39, 0.29) is 12.5 Å². The number of carbonyl (C=O) groups excluding carboxylic acids is 1. The Kier molecular flexibility index (Phi) is 8.41. The van der Waals surface area contributed by atoms with Gasteiger partial charge < -0.3 is 14.2 Å². The van der Waals surface area contributed by atoms with E-state index >= 15 is 0 Å². The van der Waals surface area contributed by atoms with Crippen molar-refractivity contribution in [3.8, 4) is 29.6 Å². The second-order valence-corrected chi connectivity index (χ2v) is 5.70. The molecular weight excluding hydrogens is 356 g/mol. The van der Waals surface area contributed by atoms with E-state index in [0.29, 0.717) is 30.3 Å². The number of terminal acetylenes is 1. The second-order valence-electron chi connectivity index (χ2n) is 5.70. The fraction of sp³-hybridized carbons (Fsp3) is 0.273. The predicted octanol–water partition coefficient (Wildman–Crippen LogP) is 3.65. The topological polar surface area (TPSA) is 69.2 Å². The Hall–Kier alpha value is -3.46. The minimum atomic E-state index is -0.308. The lowest BCUT2D eigenvalue weighted by Crippen LogP contribution is -2.17. The van der Waals surface area contributed by atoms with Crippen LogP contribution in [0.2, 0.25) is 0 Å². The van der Waals surface area contributed by atoms with Gasteiger partial charge in [-0.1, -0.05) is 12.8 Å². The molecule has 1 amide bonds. The molecule has 0 aliphatic heterocycles. The van der Waals surface area contributed by atoms with Crippen LogP contribution in [-0.4, -0.2) is 31.9 Å². The quantitative estimate of drug-likeness (QED) is 0.388. The Morgan fingerprint density at radius 1 is 1.11 bits per heavy atom. The van der Waals surface area contributed by atoms with Crippen molar-refractivity contribution < 1.29 is 19.0 Å². The molecule has 0 bridgehead atoms. The SMILES string of the molecule is C#CCOc1ccc(/C=N/NC(=O)c2ccc(OCCC)cc2)cc1OCC. The highest BCUT2D eigenvalue weighted by Gasteiger charge is 2.07. The minimum absolute atomic E-state index is 0.159. The molecule has 146 valence electrons. The van der Waals surface area contributed by atoms with E-state index in [0.717, 1.165) is 17.7 Å². The number of benzene rings is 2. The molecule has 6 nitrogen and oxygen atoms in total. The lowest BCUT2D eigenvalue weighted by atomic mass is 10.2. The molecule has 0 fully saturated rings. The molecule has 0 aromatic heterocycles. The number of ether oxygens (including phenoxy) is 3. The summed E-state index contributed by atoms with van der Waals surface area (Å²) in [6, 6.07) is 12.2. The normalized spacial score (nSPS) is 10.3. The van der Waals surface area contributed by atoms with Crippen LogP contribution in [-0.2, 0) is 0 Å². The standard InChI is InChI=1S/C22H24N2O4/c1-4-13-27-19-10-8-18(9-11-19)22(25)24-23-16-17-7-12-20(28-14-5-2)21(15-17)26-6-3/h2,7-12,15-16H,4,6,13-14H2,1,3H3,(H,24,25)/b23-16+. The maximum atomic E-state index is 12.2. The highest BCUT2D eigenvalue weighted by atomic mass is 16.5. The summed E-state index contributed by atoms with van der Waals surface area (Å²) in [5, 5.41) is 4.00. The summed E-state index contributed by atoms with van der Waals surface area (Å²) in [7, 11) is 0. The van der Waals surface area contributed by atoms with Crippen molar-refractivity contribution in [1.82, 2.24) is 5.43 Å². The lowest BCUT2D eigenvalue weighted by Gasteiger charge is -2.10. The highest BCUT2D eigenvalue weighted by molar-refractivity contribution is 5.95. The molecule has 2 rings (SSSR count). The van der Waals surface area contributed by atoms with E-state index in [1.54, 1.807) is 42.5 Å². The number of amides is 1. The third-order valence-corrected chi connectivity index (χ3v) is 3.55. The number of hydrogen-bond donors (Lipinski definition) is 1. The molecule has 0 atom stereocenters. The van der Waals surface area contributed by atoms with Crippen molar-refractivity contribution in [3.63, 3.8) is 0 Å². The van der Waals surface area contributed by atoms with Gasteiger partial charge >= 0.3 is 0 Å². The van der Waals surface area contributed by atoms with Gasteiger partial charge in [-0.2, -0.15) is 5.10 Å². The first-order chi connectivity index (χ1) is 13.7. The van der Waals surface area contributed by atoms with Gasteiger partial charge in [0.25, 0.3) is 5.91 Å². The summed E-state index contributed by atoms with van der Waals surface area (Å²) >= 11 is 0. The maximum absolute atomic E-state index is 12.2. The molecule has 2 aromatic rings. The monoisotopic (exact) mass is 380 g/mol. The number of rotatable bonds is 10. The summed E-state index contributed by atoms with van der Waals surface area (Å²) in [6.45, 7) is 5.21. The molecule has 2 aromatic carbocycles. The summed E-state index contributed by atoms with van der Waals surface area (Å²) in [5.41, 5.74) is 3.75. The lowest BCUT2D eigenvalue weighted by molar-refractivity contribution is 0.0955. The second kappa shape index (κ2) is 11.3. The van der Waals surface area contributed by atoms with E-state index in [9.17, 15) is 4.79 Å². The van der Waals surface area contributed by atoms with Gasteiger partial charge in [-0.3, -0.25) is 4.79 Å². The Labute approximate surface area is 165 Å².